The van der Waals surface area contributed by atoms with E-state index in [1.165, 1.54) is 0 Å². The van der Waals surface area contributed by atoms with Crippen molar-refractivity contribution in [2.24, 2.45) is 0 Å². The summed E-state index contributed by atoms with van der Waals surface area (Å²) in [6, 6.07) is 4.03. The molecule has 0 bridgehead atoms. The summed E-state index contributed by atoms with van der Waals surface area (Å²) in [5.74, 6) is -0.0789. The fourth-order valence-corrected chi connectivity index (χ4v) is 2.81. The minimum absolute atomic E-state index is 0.0789. The standard InChI is InChI=1S/C15H21Cl2N3O/c1-3-6-20(11-7-18-8-11)9-13(21)19-15-12(16)5-4-10(2)14(15)17/h4-5,11,18H,3,6-9H2,1-2H3,(H,19,21). The van der Waals surface area contributed by atoms with Crippen LogP contribution >= 0.6 is 23.2 Å². The van der Waals surface area contributed by atoms with Crippen molar-refractivity contribution in [1.29, 1.82) is 0 Å². The summed E-state index contributed by atoms with van der Waals surface area (Å²) in [5.41, 5.74) is 1.40. The Hall–Kier alpha value is -0.810. The number of amides is 1. The third-order valence-electron chi connectivity index (χ3n) is 3.68. The summed E-state index contributed by atoms with van der Waals surface area (Å²) in [6.07, 6.45) is 1.02. The molecule has 1 aliphatic heterocycles. The van der Waals surface area contributed by atoms with E-state index in [0.717, 1.165) is 31.6 Å². The molecule has 0 spiro atoms. The molecule has 4 nitrogen and oxygen atoms in total. The summed E-state index contributed by atoms with van der Waals surface area (Å²) in [4.78, 5) is 14.5. The van der Waals surface area contributed by atoms with E-state index in [9.17, 15) is 4.79 Å². The van der Waals surface area contributed by atoms with Crippen LogP contribution in [0.1, 0.15) is 18.9 Å². The number of benzene rings is 1. The van der Waals surface area contributed by atoms with Crippen molar-refractivity contribution < 1.29 is 4.79 Å². The zero-order valence-corrected chi connectivity index (χ0v) is 13.9. The smallest absolute Gasteiger partial charge is 0.238 e. The van der Waals surface area contributed by atoms with Gasteiger partial charge in [0.2, 0.25) is 5.91 Å². The average molecular weight is 330 g/mol. The van der Waals surface area contributed by atoms with Crippen LogP contribution in [-0.4, -0.2) is 43.0 Å². The molecule has 2 N–H and O–H groups in total. The van der Waals surface area contributed by atoms with Crippen molar-refractivity contribution >= 4 is 34.8 Å². The van der Waals surface area contributed by atoms with Crippen molar-refractivity contribution in [3.8, 4) is 0 Å². The quantitative estimate of drug-likeness (QED) is 0.843. The van der Waals surface area contributed by atoms with Crippen LogP contribution in [0, 0.1) is 6.92 Å². The van der Waals surface area contributed by atoms with E-state index in [4.69, 9.17) is 23.2 Å². The number of hydrogen-bond acceptors (Lipinski definition) is 3. The molecule has 0 aromatic heterocycles. The van der Waals surface area contributed by atoms with Gasteiger partial charge in [-0.1, -0.05) is 36.2 Å². The van der Waals surface area contributed by atoms with E-state index in [0.29, 0.717) is 28.3 Å². The van der Waals surface area contributed by atoms with Gasteiger partial charge in [0.1, 0.15) is 0 Å². The Morgan fingerprint density at radius 2 is 2.14 bits per heavy atom. The maximum absolute atomic E-state index is 12.3. The second kappa shape index (κ2) is 7.45. The Balaban J connectivity index is 2.02. The van der Waals surface area contributed by atoms with Gasteiger partial charge >= 0.3 is 0 Å². The number of carbonyl (C=O) groups excluding carboxylic acids is 1. The maximum atomic E-state index is 12.3. The molecule has 1 aliphatic rings. The van der Waals surface area contributed by atoms with Crippen LogP contribution in [0.25, 0.3) is 0 Å². The molecule has 1 aromatic rings. The average Bonchev–Trinajstić information content (AvgIpc) is 2.37. The molecule has 0 unspecified atom stereocenters. The lowest BCUT2D eigenvalue weighted by molar-refractivity contribution is -0.118. The Morgan fingerprint density at radius 1 is 1.43 bits per heavy atom. The summed E-state index contributed by atoms with van der Waals surface area (Å²) in [5, 5.41) is 7.05. The first-order chi connectivity index (χ1) is 10.0. The first kappa shape index (κ1) is 16.6. The van der Waals surface area contributed by atoms with Gasteiger partial charge < -0.3 is 10.6 Å². The number of rotatable bonds is 6. The van der Waals surface area contributed by atoms with Gasteiger partial charge in [-0.2, -0.15) is 0 Å². The van der Waals surface area contributed by atoms with E-state index in [1.54, 1.807) is 6.07 Å². The van der Waals surface area contributed by atoms with Crippen LogP contribution in [0.4, 0.5) is 5.69 Å². The molecule has 0 radical (unpaired) electrons. The number of aryl methyl sites for hydroxylation is 1. The SMILES string of the molecule is CCCN(CC(=O)Nc1c(Cl)ccc(C)c1Cl)C1CNC1. The largest absolute Gasteiger partial charge is 0.322 e. The number of halogens is 2. The zero-order valence-electron chi connectivity index (χ0n) is 12.4. The van der Waals surface area contributed by atoms with Crippen molar-refractivity contribution in [2.45, 2.75) is 26.3 Å². The summed E-state index contributed by atoms with van der Waals surface area (Å²) in [6.45, 7) is 7.16. The molecule has 1 fully saturated rings. The van der Waals surface area contributed by atoms with Crippen molar-refractivity contribution in [3.63, 3.8) is 0 Å². The van der Waals surface area contributed by atoms with E-state index >= 15 is 0 Å². The molecular weight excluding hydrogens is 309 g/mol. The van der Waals surface area contributed by atoms with E-state index < -0.39 is 0 Å². The monoisotopic (exact) mass is 329 g/mol. The van der Waals surface area contributed by atoms with Gasteiger partial charge in [-0.15, -0.1) is 0 Å². The molecule has 1 aromatic carbocycles. The number of nitrogens with zero attached hydrogens (tertiary/aromatic N) is 1. The first-order valence-corrected chi connectivity index (χ1v) is 7.97. The highest BCUT2D eigenvalue weighted by Crippen LogP contribution is 2.32. The summed E-state index contributed by atoms with van der Waals surface area (Å²) in [7, 11) is 0. The molecule has 1 heterocycles. The topological polar surface area (TPSA) is 44.4 Å². The molecule has 116 valence electrons. The Bertz CT molecular complexity index is 518. The number of carbonyl (C=O) groups is 1. The predicted molar refractivity (Wildman–Crippen MR) is 88.4 cm³/mol. The lowest BCUT2D eigenvalue weighted by atomic mass is 10.1. The van der Waals surface area contributed by atoms with Crippen LogP contribution in [0.2, 0.25) is 10.0 Å². The van der Waals surface area contributed by atoms with Crippen molar-refractivity contribution in [2.75, 3.05) is 31.5 Å². The third kappa shape index (κ3) is 4.10. The molecular formula is C15H21Cl2N3O. The van der Waals surface area contributed by atoms with Gasteiger partial charge in [0.25, 0.3) is 0 Å². The van der Waals surface area contributed by atoms with Crippen LogP contribution in [0.3, 0.4) is 0 Å². The second-order valence-corrected chi connectivity index (χ2v) is 6.17. The second-order valence-electron chi connectivity index (χ2n) is 5.38. The van der Waals surface area contributed by atoms with Crippen LogP contribution in [0.15, 0.2) is 12.1 Å². The lowest BCUT2D eigenvalue weighted by Gasteiger charge is -2.37. The first-order valence-electron chi connectivity index (χ1n) is 7.22. The fraction of sp³-hybridized carbons (Fsp3) is 0.533. The minimum Gasteiger partial charge on any atom is -0.322 e. The highest BCUT2D eigenvalue weighted by atomic mass is 35.5. The normalized spacial score (nSPS) is 15.1. The van der Waals surface area contributed by atoms with E-state index in [2.05, 4.69) is 22.5 Å². The molecule has 21 heavy (non-hydrogen) atoms. The highest BCUT2D eigenvalue weighted by molar-refractivity contribution is 6.40. The van der Waals surface area contributed by atoms with E-state index in [-0.39, 0.29) is 5.91 Å². The lowest BCUT2D eigenvalue weighted by Crippen LogP contribution is -2.58. The van der Waals surface area contributed by atoms with Gasteiger partial charge in [-0.25, -0.2) is 0 Å². The maximum Gasteiger partial charge on any atom is 0.238 e. The molecule has 6 heteroatoms. The Labute approximate surface area is 135 Å². The Kier molecular flexibility index (Phi) is 5.88. The fourth-order valence-electron chi connectivity index (χ4n) is 2.34. The van der Waals surface area contributed by atoms with Gasteiger partial charge in [-0.05, 0) is 31.5 Å². The summed E-state index contributed by atoms with van der Waals surface area (Å²) >= 11 is 12.3. The van der Waals surface area contributed by atoms with Gasteiger partial charge in [0.15, 0.2) is 0 Å². The molecule has 0 saturated carbocycles. The number of anilines is 1. The van der Waals surface area contributed by atoms with Crippen LogP contribution < -0.4 is 10.6 Å². The van der Waals surface area contributed by atoms with Gasteiger partial charge in [0, 0.05) is 19.1 Å². The Morgan fingerprint density at radius 3 is 2.71 bits per heavy atom. The molecule has 1 amide bonds. The molecule has 0 atom stereocenters. The predicted octanol–water partition coefficient (Wildman–Crippen LogP) is 2.92. The van der Waals surface area contributed by atoms with Gasteiger partial charge in [-0.3, -0.25) is 9.69 Å². The zero-order chi connectivity index (χ0) is 15.4. The highest BCUT2D eigenvalue weighted by Gasteiger charge is 2.25. The van der Waals surface area contributed by atoms with Gasteiger partial charge in [0.05, 0.1) is 22.3 Å². The van der Waals surface area contributed by atoms with E-state index in [1.807, 2.05) is 13.0 Å². The molecule has 1 saturated heterocycles. The summed E-state index contributed by atoms with van der Waals surface area (Å²) < 4.78 is 0. The third-order valence-corrected chi connectivity index (χ3v) is 4.48. The number of nitrogens with one attached hydrogen (secondary N) is 2. The van der Waals surface area contributed by atoms with Crippen molar-refractivity contribution in [3.05, 3.63) is 27.7 Å². The van der Waals surface area contributed by atoms with Crippen LogP contribution in [0.5, 0.6) is 0 Å². The number of hydrogen-bond donors (Lipinski definition) is 2. The minimum atomic E-state index is -0.0789. The van der Waals surface area contributed by atoms with Crippen molar-refractivity contribution in [1.82, 2.24) is 10.2 Å². The molecule has 0 aliphatic carbocycles. The van der Waals surface area contributed by atoms with Crippen LogP contribution in [-0.2, 0) is 4.79 Å². The molecule has 2 rings (SSSR count).